The van der Waals surface area contributed by atoms with Crippen molar-refractivity contribution in [2.45, 2.75) is 52.4 Å². The van der Waals surface area contributed by atoms with Gasteiger partial charge in [-0.25, -0.2) is 0 Å². The van der Waals surface area contributed by atoms with E-state index in [1.165, 1.54) is 0 Å². The van der Waals surface area contributed by atoms with Gasteiger partial charge < -0.3 is 24.7 Å². The summed E-state index contributed by atoms with van der Waals surface area (Å²) in [6.45, 7) is 5.68. The number of aliphatic carboxylic acids is 2. The number of carboxylic acid groups (broad SMARTS) is 2. The quantitative estimate of drug-likeness (QED) is 0.335. The van der Waals surface area contributed by atoms with E-state index >= 15 is 0 Å². The van der Waals surface area contributed by atoms with Gasteiger partial charge >= 0.3 is 59.1 Å². The minimum atomic E-state index is -1.10. The Morgan fingerprint density at radius 3 is 1.81 bits per heavy atom. The van der Waals surface area contributed by atoms with E-state index in [-0.39, 0.29) is 72.0 Å². The molecule has 0 N–H and O–H groups in total. The van der Waals surface area contributed by atoms with Crippen molar-refractivity contribution in [3.63, 3.8) is 0 Å². The van der Waals surface area contributed by atoms with E-state index in [0.717, 1.165) is 32.2 Å². The van der Waals surface area contributed by atoms with Crippen molar-refractivity contribution in [2.75, 3.05) is 19.6 Å². The van der Waals surface area contributed by atoms with Crippen LogP contribution in [-0.2, 0) is 9.59 Å². The number of unbranched alkanes of at least 4 members (excludes halogenated alkanes) is 1. The standard InChI is InChI=1S/C14H27NO4.2Na/c1-3-5-6-12(4-2)11-15(9-7-13(16)17)10-8-14(18)19;;/h12H,3-11H2,1-2H3,(H,16,17)(H,18,19);;/q;2*+1/p-2. The van der Waals surface area contributed by atoms with Gasteiger partial charge in [-0.2, -0.15) is 0 Å². The predicted molar refractivity (Wildman–Crippen MR) is 69.0 cm³/mol. The Morgan fingerprint density at radius 1 is 1.00 bits per heavy atom. The van der Waals surface area contributed by atoms with Crippen molar-refractivity contribution >= 4 is 11.9 Å². The van der Waals surface area contributed by atoms with E-state index in [9.17, 15) is 19.8 Å². The van der Waals surface area contributed by atoms with Gasteiger partial charge in [0.1, 0.15) is 0 Å². The molecule has 1 atom stereocenters. The van der Waals surface area contributed by atoms with Crippen LogP contribution < -0.4 is 69.3 Å². The molecule has 112 valence electrons. The zero-order valence-electron chi connectivity index (χ0n) is 14.0. The van der Waals surface area contributed by atoms with Crippen LogP contribution in [0.25, 0.3) is 0 Å². The number of nitrogens with zero attached hydrogens (tertiary/aromatic N) is 1. The molecule has 0 heterocycles. The summed E-state index contributed by atoms with van der Waals surface area (Å²) in [6.07, 6.45) is 4.28. The van der Waals surface area contributed by atoms with E-state index in [4.69, 9.17) is 0 Å². The average Bonchev–Trinajstić information content (AvgIpc) is 2.36. The molecule has 0 aliphatic rings. The first kappa shape index (κ1) is 26.8. The Morgan fingerprint density at radius 2 is 1.48 bits per heavy atom. The van der Waals surface area contributed by atoms with Gasteiger partial charge in [-0.3, -0.25) is 0 Å². The maximum Gasteiger partial charge on any atom is 1.00 e. The first-order valence-electron chi connectivity index (χ1n) is 7.11. The van der Waals surface area contributed by atoms with E-state index in [1.54, 1.807) is 0 Å². The maximum absolute atomic E-state index is 10.5. The second kappa shape index (κ2) is 17.3. The van der Waals surface area contributed by atoms with E-state index in [0.29, 0.717) is 19.0 Å². The van der Waals surface area contributed by atoms with Gasteiger partial charge in [0.25, 0.3) is 0 Å². The molecule has 0 radical (unpaired) electrons. The number of carbonyl (C=O) groups is 2. The number of hydrogen-bond donors (Lipinski definition) is 0. The summed E-state index contributed by atoms with van der Waals surface area (Å²) in [7, 11) is 0. The summed E-state index contributed by atoms with van der Waals surface area (Å²) in [5, 5.41) is 21.0. The molecule has 0 saturated carbocycles. The fraction of sp³-hybridized carbons (Fsp3) is 0.857. The molecule has 1 unspecified atom stereocenters. The normalized spacial score (nSPS) is 11.4. The van der Waals surface area contributed by atoms with E-state index in [2.05, 4.69) is 13.8 Å². The van der Waals surface area contributed by atoms with Gasteiger partial charge in [-0.05, 0) is 25.2 Å². The van der Waals surface area contributed by atoms with Gasteiger partial charge in [-0.15, -0.1) is 0 Å². The van der Waals surface area contributed by atoms with Gasteiger partial charge in [0.15, 0.2) is 0 Å². The minimum Gasteiger partial charge on any atom is -0.550 e. The molecule has 5 nitrogen and oxygen atoms in total. The largest absolute Gasteiger partial charge is 1.00 e. The van der Waals surface area contributed by atoms with E-state index in [1.807, 2.05) is 4.90 Å². The Kier molecular flexibility index (Phi) is 22.0. The second-order valence-corrected chi connectivity index (χ2v) is 4.96. The Bertz CT molecular complexity index is 260. The molecule has 0 aromatic rings. The van der Waals surface area contributed by atoms with Gasteiger partial charge in [0.2, 0.25) is 0 Å². The van der Waals surface area contributed by atoms with Crippen molar-refractivity contribution in [1.82, 2.24) is 4.90 Å². The zero-order valence-corrected chi connectivity index (χ0v) is 18.0. The summed E-state index contributed by atoms with van der Waals surface area (Å²) in [5.41, 5.74) is 0. The number of rotatable bonds is 12. The molecule has 0 rings (SSSR count). The van der Waals surface area contributed by atoms with Gasteiger partial charge in [0.05, 0.1) is 0 Å². The molecule has 0 aliphatic heterocycles. The fourth-order valence-corrected chi connectivity index (χ4v) is 2.08. The second-order valence-electron chi connectivity index (χ2n) is 4.96. The topological polar surface area (TPSA) is 83.5 Å². The third-order valence-electron chi connectivity index (χ3n) is 3.32. The van der Waals surface area contributed by atoms with Crippen molar-refractivity contribution in [2.24, 2.45) is 5.92 Å². The Labute approximate surface area is 172 Å². The monoisotopic (exact) mass is 317 g/mol. The molecule has 21 heavy (non-hydrogen) atoms. The summed E-state index contributed by atoms with van der Waals surface area (Å²) in [4.78, 5) is 22.9. The van der Waals surface area contributed by atoms with Crippen LogP contribution in [0.15, 0.2) is 0 Å². The van der Waals surface area contributed by atoms with E-state index < -0.39 is 11.9 Å². The molecule has 0 aliphatic carbocycles. The summed E-state index contributed by atoms with van der Waals surface area (Å²) in [5.74, 6) is -1.71. The Hall–Kier alpha value is 0.900. The molecule has 0 amide bonds. The van der Waals surface area contributed by atoms with Crippen LogP contribution in [0.4, 0.5) is 0 Å². The van der Waals surface area contributed by atoms with Crippen molar-refractivity contribution in [1.29, 1.82) is 0 Å². The molecule has 0 aromatic carbocycles. The first-order chi connectivity index (χ1) is 8.99. The van der Waals surface area contributed by atoms with Gasteiger partial charge in [0, 0.05) is 31.6 Å². The summed E-state index contributed by atoms with van der Waals surface area (Å²) < 4.78 is 0. The Balaban J connectivity index is -0.00000162. The third kappa shape index (κ3) is 17.1. The molecule has 0 aromatic heterocycles. The number of hydrogen-bond acceptors (Lipinski definition) is 5. The predicted octanol–water partition coefficient (Wildman–Crippen LogP) is -6.21. The molecule has 7 heteroatoms. The van der Waals surface area contributed by atoms with Crippen LogP contribution in [0.5, 0.6) is 0 Å². The fourth-order valence-electron chi connectivity index (χ4n) is 2.08. The van der Waals surface area contributed by atoms with Crippen molar-refractivity contribution in [3.8, 4) is 0 Å². The molecule has 0 saturated heterocycles. The molecule has 0 fully saturated rings. The molecular formula is C14H25NNa2O4. The molecule has 0 bridgehead atoms. The van der Waals surface area contributed by atoms with Crippen LogP contribution in [0, 0.1) is 5.92 Å². The van der Waals surface area contributed by atoms with Crippen LogP contribution >= 0.6 is 0 Å². The van der Waals surface area contributed by atoms with Crippen LogP contribution in [-0.4, -0.2) is 36.5 Å². The zero-order chi connectivity index (χ0) is 14.7. The number of carboxylic acids is 2. The van der Waals surface area contributed by atoms with Crippen molar-refractivity contribution < 1.29 is 78.9 Å². The van der Waals surface area contributed by atoms with Crippen LogP contribution in [0.2, 0.25) is 0 Å². The van der Waals surface area contributed by atoms with Gasteiger partial charge in [-0.1, -0.05) is 33.1 Å². The SMILES string of the molecule is CCCCC(CC)CN(CCC(=O)[O-])CCC(=O)[O-].[Na+].[Na+]. The average molecular weight is 317 g/mol. The molecular weight excluding hydrogens is 292 g/mol. The third-order valence-corrected chi connectivity index (χ3v) is 3.32. The summed E-state index contributed by atoms with van der Waals surface area (Å²) >= 11 is 0. The van der Waals surface area contributed by atoms with Crippen molar-refractivity contribution in [3.05, 3.63) is 0 Å². The maximum atomic E-state index is 10.5. The molecule has 0 spiro atoms. The number of carbonyl (C=O) groups excluding carboxylic acids is 2. The first-order valence-corrected chi connectivity index (χ1v) is 7.11. The minimum absolute atomic E-state index is 0. The summed E-state index contributed by atoms with van der Waals surface area (Å²) in [6, 6.07) is 0. The smallest absolute Gasteiger partial charge is 0.550 e. The van der Waals surface area contributed by atoms with Crippen LogP contribution in [0.3, 0.4) is 0 Å². The van der Waals surface area contributed by atoms with Crippen LogP contribution in [0.1, 0.15) is 52.4 Å².